The van der Waals surface area contributed by atoms with Crippen LogP contribution >= 0.6 is 0 Å². The molecule has 1 aromatic heterocycles. The molecule has 0 aliphatic heterocycles. The van der Waals surface area contributed by atoms with E-state index in [9.17, 15) is 4.39 Å². The van der Waals surface area contributed by atoms with E-state index in [0.717, 1.165) is 5.56 Å². The number of nitrogens with zero attached hydrogens (tertiary/aromatic N) is 2. The molecule has 90 valence electrons. The van der Waals surface area contributed by atoms with E-state index < -0.39 is 0 Å². The summed E-state index contributed by atoms with van der Waals surface area (Å²) in [5.41, 5.74) is 6.84. The zero-order valence-electron chi connectivity index (χ0n) is 9.65. The summed E-state index contributed by atoms with van der Waals surface area (Å²) >= 11 is 0. The Kier molecular flexibility index (Phi) is 3.39. The van der Waals surface area contributed by atoms with Crippen molar-refractivity contribution in [3.8, 4) is 0 Å². The predicted octanol–water partition coefficient (Wildman–Crippen LogP) is 1.63. The quantitative estimate of drug-likeness (QED) is 0.845. The Labute approximate surface area is 99.3 Å². The maximum atomic E-state index is 13.6. The van der Waals surface area contributed by atoms with E-state index in [1.54, 1.807) is 12.3 Å². The third kappa shape index (κ3) is 2.62. The van der Waals surface area contributed by atoms with E-state index in [-0.39, 0.29) is 5.82 Å². The van der Waals surface area contributed by atoms with Gasteiger partial charge in [0.25, 0.3) is 0 Å². The van der Waals surface area contributed by atoms with E-state index >= 15 is 0 Å². The molecule has 0 radical (unpaired) electrons. The predicted molar refractivity (Wildman–Crippen MR) is 64.8 cm³/mol. The Morgan fingerprint density at radius 1 is 1.47 bits per heavy atom. The van der Waals surface area contributed by atoms with E-state index in [1.165, 1.54) is 6.07 Å². The van der Waals surface area contributed by atoms with Gasteiger partial charge in [-0.15, -0.1) is 0 Å². The Hall–Kier alpha value is -1.88. The van der Waals surface area contributed by atoms with Crippen molar-refractivity contribution in [1.29, 1.82) is 0 Å². The molecule has 0 aliphatic carbocycles. The molecule has 0 bridgehead atoms. The minimum atomic E-state index is -0.241. The fraction of sp³-hybridized carbons (Fsp3) is 0.250. The van der Waals surface area contributed by atoms with E-state index in [1.807, 2.05) is 23.9 Å². The number of benzene rings is 1. The molecule has 0 unspecified atom stereocenters. The minimum absolute atomic E-state index is 0.241. The molecular weight excluding hydrogens is 219 g/mol. The van der Waals surface area contributed by atoms with Gasteiger partial charge in [-0.25, -0.2) is 9.37 Å². The van der Waals surface area contributed by atoms with Crippen molar-refractivity contribution in [2.24, 2.45) is 12.8 Å². The first-order valence-corrected chi connectivity index (χ1v) is 5.39. The van der Waals surface area contributed by atoms with Gasteiger partial charge in [0.2, 0.25) is 5.95 Å². The second-order valence-corrected chi connectivity index (χ2v) is 3.85. The summed E-state index contributed by atoms with van der Waals surface area (Å²) in [6, 6.07) is 5.04. The largest absolute Gasteiger partial charge is 0.351 e. The van der Waals surface area contributed by atoms with E-state index in [2.05, 4.69) is 10.3 Å². The number of hydrogen-bond acceptors (Lipinski definition) is 3. The van der Waals surface area contributed by atoms with Gasteiger partial charge >= 0.3 is 0 Å². The van der Waals surface area contributed by atoms with Crippen LogP contribution in [-0.2, 0) is 20.1 Å². The van der Waals surface area contributed by atoms with Gasteiger partial charge in [0.15, 0.2) is 0 Å². The molecule has 1 aromatic carbocycles. The lowest BCUT2D eigenvalue weighted by Gasteiger charge is -2.08. The van der Waals surface area contributed by atoms with Crippen molar-refractivity contribution in [2.45, 2.75) is 13.1 Å². The molecule has 2 aromatic rings. The number of nitrogens with one attached hydrogen (secondary N) is 1. The normalized spacial score (nSPS) is 10.5. The summed E-state index contributed by atoms with van der Waals surface area (Å²) in [6.07, 6.45) is 3.52. The molecule has 0 saturated carbocycles. The zero-order chi connectivity index (χ0) is 12.3. The number of rotatable bonds is 4. The lowest BCUT2D eigenvalue weighted by atomic mass is 10.1. The molecule has 0 atom stereocenters. The van der Waals surface area contributed by atoms with Crippen LogP contribution in [0.5, 0.6) is 0 Å². The van der Waals surface area contributed by atoms with Crippen LogP contribution in [0, 0.1) is 5.82 Å². The lowest BCUT2D eigenvalue weighted by Crippen LogP contribution is -2.07. The average Bonchev–Trinajstić information content (AvgIpc) is 2.73. The van der Waals surface area contributed by atoms with Crippen molar-refractivity contribution in [2.75, 3.05) is 5.32 Å². The second-order valence-electron chi connectivity index (χ2n) is 3.85. The summed E-state index contributed by atoms with van der Waals surface area (Å²) in [5, 5.41) is 3.07. The van der Waals surface area contributed by atoms with Crippen LogP contribution in [0.15, 0.2) is 30.6 Å². The Morgan fingerprint density at radius 2 is 2.29 bits per heavy atom. The number of aromatic nitrogens is 2. The SMILES string of the molecule is Cn1ccnc1NCc1ccc(CN)cc1F. The summed E-state index contributed by atoms with van der Waals surface area (Å²) < 4.78 is 15.5. The molecule has 0 saturated heterocycles. The van der Waals surface area contributed by atoms with Gasteiger partial charge in [0.1, 0.15) is 5.82 Å². The van der Waals surface area contributed by atoms with Gasteiger partial charge < -0.3 is 15.6 Å². The van der Waals surface area contributed by atoms with Crippen LogP contribution in [-0.4, -0.2) is 9.55 Å². The molecule has 17 heavy (non-hydrogen) atoms. The van der Waals surface area contributed by atoms with Crippen molar-refractivity contribution >= 4 is 5.95 Å². The van der Waals surface area contributed by atoms with Gasteiger partial charge in [-0.3, -0.25) is 0 Å². The molecule has 0 amide bonds. The van der Waals surface area contributed by atoms with Gasteiger partial charge in [-0.05, 0) is 11.6 Å². The smallest absolute Gasteiger partial charge is 0.202 e. The Morgan fingerprint density at radius 3 is 2.88 bits per heavy atom. The summed E-state index contributed by atoms with van der Waals surface area (Å²) in [7, 11) is 1.88. The van der Waals surface area contributed by atoms with Crippen molar-refractivity contribution in [1.82, 2.24) is 9.55 Å². The highest BCUT2D eigenvalue weighted by atomic mass is 19.1. The highest BCUT2D eigenvalue weighted by molar-refractivity contribution is 5.31. The molecule has 0 fully saturated rings. The topological polar surface area (TPSA) is 55.9 Å². The number of halogens is 1. The highest BCUT2D eigenvalue weighted by Crippen LogP contribution is 2.12. The number of aryl methyl sites for hydroxylation is 1. The van der Waals surface area contributed by atoms with Crippen LogP contribution in [0.1, 0.15) is 11.1 Å². The summed E-state index contributed by atoms with van der Waals surface area (Å²) in [4.78, 5) is 4.10. The molecule has 0 aliphatic rings. The first kappa shape index (κ1) is 11.6. The maximum absolute atomic E-state index is 13.6. The third-order valence-corrected chi connectivity index (χ3v) is 2.61. The summed E-state index contributed by atoms with van der Waals surface area (Å²) in [6.45, 7) is 0.755. The Bertz CT molecular complexity index is 507. The maximum Gasteiger partial charge on any atom is 0.202 e. The standard InChI is InChI=1S/C12H15FN4/c1-17-5-4-15-12(17)16-8-10-3-2-9(7-14)6-11(10)13/h2-6H,7-8,14H2,1H3,(H,15,16). The van der Waals surface area contributed by atoms with Crippen LogP contribution in [0.4, 0.5) is 10.3 Å². The molecule has 4 nitrogen and oxygen atoms in total. The lowest BCUT2D eigenvalue weighted by molar-refractivity contribution is 0.610. The number of anilines is 1. The number of imidazole rings is 1. The first-order valence-electron chi connectivity index (χ1n) is 5.39. The van der Waals surface area contributed by atoms with E-state index in [0.29, 0.717) is 24.6 Å². The van der Waals surface area contributed by atoms with Gasteiger partial charge in [-0.2, -0.15) is 0 Å². The van der Waals surface area contributed by atoms with Gasteiger partial charge in [0, 0.05) is 38.1 Å². The third-order valence-electron chi connectivity index (χ3n) is 2.61. The molecule has 3 N–H and O–H groups in total. The summed E-state index contributed by atoms with van der Waals surface area (Å²) in [5.74, 6) is 0.474. The van der Waals surface area contributed by atoms with Crippen LogP contribution < -0.4 is 11.1 Å². The zero-order valence-corrected chi connectivity index (χ0v) is 9.65. The first-order chi connectivity index (χ1) is 8.20. The second kappa shape index (κ2) is 4.97. The van der Waals surface area contributed by atoms with Crippen LogP contribution in [0.3, 0.4) is 0 Å². The van der Waals surface area contributed by atoms with Crippen molar-refractivity contribution in [3.63, 3.8) is 0 Å². The Balaban J connectivity index is 2.07. The van der Waals surface area contributed by atoms with Crippen molar-refractivity contribution in [3.05, 3.63) is 47.5 Å². The highest BCUT2D eigenvalue weighted by Gasteiger charge is 2.04. The number of nitrogens with two attached hydrogens (primary N) is 1. The fourth-order valence-corrected chi connectivity index (χ4v) is 1.57. The number of hydrogen-bond donors (Lipinski definition) is 2. The monoisotopic (exact) mass is 234 g/mol. The van der Waals surface area contributed by atoms with Gasteiger partial charge in [-0.1, -0.05) is 12.1 Å². The molecule has 0 spiro atoms. The average molecular weight is 234 g/mol. The van der Waals surface area contributed by atoms with Crippen LogP contribution in [0.25, 0.3) is 0 Å². The van der Waals surface area contributed by atoms with Crippen molar-refractivity contribution < 1.29 is 4.39 Å². The van der Waals surface area contributed by atoms with E-state index in [4.69, 9.17) is 5.73 Å². The minimum Gasteiger partial charge on any atom is -0.351 e. The fourth-order valence-electron chi connectivity index (χ4n) is 1.57. The molecular formula is C12H15FN4. The molecule has 5 heteroatoms. The van der Waals surface area contributed by atoms with Crippen LogP contribution in [0.2, 0.25) is 0 Å². The molecule has 2 rings (SSSR count). The van der Waals surface area contributed by atoms with Gasteiger partial charge in [0.05, 0.1) is 0 Å². The molecule has 1 heterocycles.